The number of rotatable bonds is 3. The van der Waals surface area contributed by atoms with E-state index in [-0.39, 0.29) is 11.3 Å². The minimum absolute atomic E-state index is 0.119. The number of benzene rings is 1. The molecular formula is C11H14BrNO2. The highest BCUT2D eigenvalue weighted by atomic mass is 79.9. The predicted octanol–water partition coefficient (Wildman–Crippen LogP) is 2.20. The highest BCUT2D eigenvalue weighted by Gasteiger charge is 2.39. The third kappa shape index (κ3) is 2.11. The molecule has 1 saturated carbocycles. The molecule has 1 aromatic rings. The molecule has 0 aliphatic heterocycles. The number of halogens is 1. The summed E-state index contributed by atoms with van der Waals surface area (Å²) in [6.45, 7) is 0. The van der Waals surface area contributed by atoms with Crippen LogP contribution in [0.2, 0.25) is 0 Å². The molecule has 0 spiro atoms. The molecule has 82 valence electrons. The van der Waals surface area contributed by atoms with Crippen LogP contribution in [0, 0.1) is 0 Å². The molecule has 0 unspecified atom stereocenters. The van der Waals surface area contributed by atoms with Gasteiger partial charge in [0.25, 0.3) is 0 Å². The fourth-order valence-electron chi connectivity index (χ4n) is 1.61. The largest absolute Gasteiger partial charge is 0.504 e. The number of hydrogen-bond donors (Lipinski definition) is 2. The number of phenolic OH excluding ortho intramolecular Hbond substituents is 1. The lowest BCUT2D eigenvalue weighted by Crippen LogP contribution is -2.24. The maximum atomic E-state index is 9.95. The van der Waals surface area contributed by atoms with Crippen molar-refractivity contribution in [2.75, 3.05) is 7.11 Å². The van der Waals surface area contributed by atoms with Gasteiger partial charge >= 0.3 is 0 Å². The SMILES string of the molecule is COc1ccc(Br)c(CC2(N)CC2)c1O. The standard InChI is InChI=1S/C11H14BrNO2/c1-15-9-3-2-8(12)7(10(9)14)6-11(13)4-5-11/h2-3,14H,4-6,13H2,1H3. The normalized spacial score (nSPS) is 17.5. The van der Waals surface area contributed by atoms with E-state index in [2.05, 4.69) is 15.9 Å². The predicted molar refractivity (Wildman–Crippen MR) is 62.2 cm³/mol. The summed E-state index contributed by atoms with van der Waals surface area (Å²) in [6.07, 6.45) is 2.74. The second-order valence-corrected chi connectivity index (χ2v) is 4.97. The minimum atomic E-state index is -0.119. The Labute approximate surface area is 97.4 Å². The smallest absolute Gasteiger partial charge is 0.162 e. The lowest BCUT2D eigenvalue weighted by molar-refractivity contribution is 0.369. The van der Waals surface area contributed by atoms with Gasteiger partial charge in [0.15, 0.2) is 11.5 Å². The Morgan fingerprint density at radius 3 is 2.73 bits per heavy atom. The number of aromatic hydroxyl groups is 1. The average molecular weight is 272 g/mol. The molecule has 0 amide bonds. The summed E-state index contributed by atoms with van der Waals surface area (Å²) in [5.74, 6) is 0.695. The molecule has 0 heterocycles. The quantitative estimate of drug-likeness (QED) is 0.886. The first-order valence-corrected chi connectivity index (χ1v) is 5.68. The molecule has 1 fully saturated rings. The van der Waals surface area contributed by atoms with Gasteiger partial charge in [-0.15, -0.1) is 0 Å². The van der Waals surface area contributed by atoms with E-state index in [1.807, 2.05) is 6.07 Å². The van der Waals surface area contributed by atoms with Crippen molar-refractivity contribution in [1.29, 1.82) is 0 Å². The molecule has 3 nitrogen and oxygen atoms in total. The molecule has 0 atom stereocenters. The van der Waals surface area contributed by atoms with Gasteiger partial charge in [-0.2, -0.15) is 0 Å². The highest BCUT2D eigenvalue weighted by Crippen LogP contribution is 2.42. The fourth-order valence-corrected chi connectivity index (χ4v) is 2.07. The summed E-state index contributed by atoms with van der Waals surface area (Å²) in [4.78, 5) is 0. The first-order chi connectivity index (χ1) is 7.06. The van der Waals surface area contributed by atoms with Crippen LogP contribution in [0.25, 0.3) is 0 Å². The van der Waals surface area contributed by atoms with E-state index in [0.29, 0.717) is 12.2 Å². The van der Waals surface area contributed by atoms with Crippen LogP contribution in [0.5, 0.6) is 11.5 Å². The lowest BCUT2D eigenvalue weighted by Gasteiger charge is -2.14. The van der Waals surface area contributed by atoms with E-state index in [4.69, 9.17) is 10.5 Å². The summed E-state index contributed by atoms with van der Waals surface area (Å²) >= 11 is 3.42. The third-order valence-electron chi connectivity index (χ3n) is 2.83. The third-order valence-corrected chi connectivity index (χ3v) is 3.57. The van der Waals surface area contributed by atoms with Crippen LogP contribution in [0.3, 0.4) is 0 Å². The number of phenols is 1. The van der Waals surface area contributed by atoms with Crippen LogP contribution >= 0.6 is 15.9 Å². The van der Waals surface area contributed by atoms with E-state index in [0.717, 1.165) is 22.9 Å². The van der Waals surface area contributed by atoms with E-state index < -0.39 is 0 Å². The van der Waals surface area contributed by atoms with Crippen LogP contribution in [-0.2, 0) is 6.42 Å². The molecule has 0 bridgehead atoms. The molecule has 1 aliphatic rings. The van der Waals surface area contributed by atoms with E-state index in [1.165, 1.54) is 0 Å². The Hall–Kier alpha value is -0.740. The Balaban J connectivity index is 2.35. The summed E-state index contributed by atoms with van der Waals surface area (Å²) < 4.78 is 5.95. The molecule has 0 saturated heterocycles. The van der Waals surface area contributed by atoms with Crippen molar-refractivity contribution in [3.05, 3.63) is 22.2 Å². The van der Waals surface area contributed by atoms with Gasteiger partial charge in [0.05, 0.1) is 7.11 Å². The van der Waals surface area contributed by atoms with Crippen molar-refractivity contribution in [1.82, 2.24) is 0 Å². The van der Waals surface area contributed by atoms with Crippen LogP contribution in [-0.4, -0.2) is 17.8 Å². The van der Waals surface area contributed by atoms with Gasteiger partial charge in [-0.25, -0.2) is 0 Å². The van der Waals surface area contributed by atoms with Gasteiger partial charge in [-0.3, -0.25) is 0 Å². The summed E-state index contributed by atoms with van der Waals surface area (Å²) in [6, 6.07) is 3.61. The summed E-state index contributed by atoms with van der Waals surface area (Å²) in [5, 5.41) is 9.95. The first-order valence-electron chi connectivity index (χ1n) is 4.89. The van der Waals surface area contributed by atoms with Crippen molar-refractivity contribution in [2.45, 2.75) is 24.8 Å². The van der Waals surface area contributed by atoms with E-state index in [9.17, 15) is 5.11 Å². The van der Waals surface area contributed by atoms with E-state index in [1.54, 1.807) is 13.2 Å². The van der Waals surface area contributed by atoms with Crippen molar-refractivity contribution in [2.24, 2.45) is 5.73 Å². The van der Waals surface area contributed by atoms with Crippen LogP contribution < -0.4 is 10.5 Å². The monoisotopic (exact) mass is 271 g/mol. The zero-order valence-corrected chi connectivity index (χ0v) is 10.2. The van der Waals surface area contributed by atoms with Crippen LogP contribution in [0.4, 0.5) is 0 Å². The number of ether oxygens (including phenoxy) is 1. The second kappa shape index (κ2) is 3.68. The van der Waals surface area contributed by atoms with Crippen LogP contribution in [0.1, 0.15) is 18.4 Å². The molecular weight excluding hydrogens is 258 g/mol. The molecule has 3 N–H and O–H groups in total. The molecule has 2 rings (SSSR count). The molecule has 4 heteroatoms. The van der Waals surface area contributed by atoms with Gasteiger partial charge < -0.3 is 15.6 Å². The number of nitrogens with two attached hydrogens (primary N) is 1. The Bertz CT molecular complexity index is 388. The summed E-state index contributed by atoms with van der Waals surface area (Å²) in [5.41, 5.74) is 6.76. The Morgan fingerprint density at radius 2 is 2.20 bits per heavy atom. The number of hydrogen-bond acceptors (Lipinski definition) is 3. The zero-order valence-electron chi connectivity index (χ0n) is 8.59. The van der Waals surface area contributed by atoms with Gasteiger partial charge in [-0.05, 0) is 31.4 Å². The lowest BCUT2D eigenvalue weighted by atomic mass is 10.0. The Morgan fingerprint density at radius 1 is 1.53 bits per heavy atom. The number of methoxy groups -OCH3 is 1. The fraction of sp³-hybridized carbons (Fsp3) is 0.455. The minimum Gasteiger partial charge on any atom is -0.504 e. The average Bonchev–Trinajstić information content (AvgIpc) is 2.92. The van der Waals surface area contributed by atoms with Crippen LogP contribution in [0.15, 0.2) is 16.6 Å². The van der Waals surface area contributed by atoms with Crippen molar-refractivity contribution >= 4 is 15.9 Å². The van der Waals surface area contributed by atoms with Crippen molar-refractivity contribution in [3.63, 3.8) is 0 Å². The van der Waals surface area contributed by atoms with E-state index >= 15 is 0 Å². The maximum Gasteiger partial charge on any atom is 0.162 e. The molecule has 0 radical (unpaired) electrons. The molecule has 0 aromatic heterocycles. The molecule has 1 aliphatic carbocycles. The van der Waals surface area contributed by atoms with Crippen molar-refractivity contribution in [3.8, 4) is 11.5 Å². The maximum absolute atomic E-state index is 9.95. The molecule has 15 heavy (non-hydrogen) atoms. The topological polar surface area (TPSA) is 55.5 Å². The second-order valence-electron chi connectivity index (χ2n) is 4.12. The zero-order chi connectivity index (χ0) is 11.1. The summed E-state index contributed by atoms with van der Waals surface area (Å²) in [7, 11) is 1.54. The highest BCUT2D eigenvalue weighted by molar-refractivity contribution is 9.10. The van der Waals surface area contributed by atoms with Crippen molar-refractivity contribution < 1.29 is 9.84 Å². The molecule has 1 aromatic carbocycles. The first kappa shape index (κ1) is 10.8. The van der Waals surface area contributed by atoms with Gasteiger partial charge in [-0.1, -0.05) is 15.9 Å². The van der Waals surface area contributed by atoms with Gasteiger partial charge in [0, 0.05) is 15.6 Å². The van der Waals surface area contributed by atoms with Gasteiger partial charge in [0.1, 0.15) is 0 Å². The van der Waals surface area contributed by atoms with Gasteiger partial charge in [0.2, 0.25) is 0 Å². The Kier molecular flexibility index (Phi) is 2.64.